The van der Waals surface area contributed by atoms with Crippen LogP contribution in [0.5, 0.6) is 0 Å². The molecule has 1 N–H and O–H groups in total. The van der Waals surface area contributed by atoms with Crippen LogP contribution in [0.3, 0.4) is 0 Å². The van der Waals surface area contributed by atoms with Crippen molar-refractivity contribution in [2.45, 2.75) is 34.7 Å². The van der Waals surface area contributed by atoms with Crippen molar-refractivity contribution in [2.24, 2.45) is 0 Å². The van der Waals surface area contributed by atoms with Gasteiger partial charge in [0.15, 0.2) is 0 Å². The molecule has 0 aromatic carbocycles. The number of nitrogens with one attached hydrogen (secondary N) is 1. The minimum Gasteiger partial charge on any atom is -0.188 e. The lowest BCUT2D eigenvalue weighted by molar-refractivity contribution is -0.372. The zero-order valence-electron chi connectivity index (χ0n) is 11.7. The molecule has 0 saturated heterocycles. The maximum Gasteiger partial charge on any atom is 0.481 e. The Morgan fingerprint density at radius 2 is 0.679 bits per heavy atom. The number of nitrogens with zero attached hydrogens (tertiary/aromatic N) is 1. The van der Waals surface area contributed by atoms with Crippen molar-refractivity contribution in [3.63, 3.8) is 0 Å². The first-order chi connectivity index (χ1) is 11.7. The molecular formula is C6HF14N2O4S2+. The van der Waals surface area contributed by atoms with Gasteiger partial charge in [-0.1, -0.05) is 0 Å². The molecule has 0 heterocycles. The second-order valence-corrected chi connectivity index (χ2v) is 8.27. The lowest BCUT2D eigenvalue weighted by atomic mass is 10.3. The lowest BCUT2D eigenvalue weighted by Crippen LogP contribution is -2.62. The molecule has 0 aliphatic rings. The van der Waals surface area contributed by atoms with Gasteiger partial charge in [0.2, 0.25) is 0 Å². The van der Waals surface area contributed by atoms with Crippen LogP contribution in [-0.2, 0) is 20.0 Å². The quantitative estimate of drug-likeness (QED) is 0.348. The van der Waals surface area contributed by atoms with Crippen LogP contribution in [0.4, 0.5) is 61.5 Å². The first-order valence-electron chi connectivity index (χ1n) is 5.31. The first-order valence-corrected chi connectivity index (χ1v) is 8.19. The summed E-state index contributed by atoms with van der Waals surface area (Å²) in [6, 6.07) is 0. The molecule has 22 heteroatoms. The summed E-state index contributed by atoms with van der Waals surface area (Å²) in [5, 5.41) is -15.6. The number of rotatable bonds is 6. The lowest BCUT2D eigenvalue weighted by Gasteiger charge is -2.26. The minimum atomic E-state index is -8.50. The summed E-state index contributed by atoms with van der Waals surface area (Å²) in [6.45, 7) is 0. The molecule has 28 heavy (non-hydrogen) atoms. The van der Waals surface area contributed by atoms with E-state index in [-0.39, 0.29) is 0 Å². The van der Waals surface area contributed by atoms with E-state index in [1.807, 2.05) is 0 Å². The molecule has 0 amide bonds. The largest absolute Gasteiger partial charge is 0.481 e. The number of sulfonamides is 2. The number of hydrogen-bond donors (Lipinski definition) is 1. The summed E-state index contributed by atoms with van der Waals surface area (Å²) in [4.78, 5) is 0. The van der Waals surface area contributed by atoms with Crippen molar-refractivity contribution in [2.75, 3.05) is 0 Å². The van der Waals surface area contributed by atoms with Gasteiger partial charge < -0.3 is 0 Å². The average Bonchev–Trinajstić information content (AvgIpc) is 2.42. The second-order valence-electron chi connectivity index (χ2n) is 4.39. The van der Waals surface area contributed by atoms with E-state index in [2.05, 4.69) is 0 Å². The van der Waals surface area contributed by atoms with Crippen molar-refractivity contribution in [3.8, 4) is 0 Å². The Kier molecular flexibility index (Phi) is 5.93. The summed E-state index contributed by atoms with van der Waals surface area (Å²) in [5.74, 6) is -15.6. The third kappa shape index (κ3) is 3.26. The topological polar surface area (TPSA) is 95.1 Å². The van der Waals surface area contributed by atoms with Gasteiger partial charge in [0, 0.05) is 0 Å². The number of halogens is 14. The van der Waals surface area contributed by atoms with Crippen LogP contribution in [0.25, 0.3) is 0 Å². The van der Waals surface area contributed by atoms with Crippen LogP contribution in [0, 0.1) is 5.53 Å². The molecule has 0 rings (SSSR count). The fraction of sp³-hybridized carbons (Fsp3) is 1.00. The number of alkyl halides is 14. The Balaban J connectivity index is 6.74. The molecule has 0 bridgehead atoms. The summed E-state index contributed by atoms with van der Waals surface area (Å²) in [7, 11) is -17.0. The number of hydrogen-bond acceptors (Lipinski definition) is 5. The summed E-state index contributed by atoms with van der Waals surface area (Å²) in [5.41, 5.74) is 5.95. The van der Waals surface area contributed by atoms with E-state index >= 15 is 0 Å². The molecule has 0 fully saturated rings. The second kappa shape index (κ2) is 6.26. The van der Waals surface area contributed by atoms with Crippen molar-refractivity contribution in [1.82, 2.24) is 0 Å². The van der Waals surface area contributed by atoms with Crippen LogP contribution in [0.15, 0.2) is 0 Å². The summed E-state index contributed by atoms with van der Waals surface area (Å²) < 4.78 is 214. The van der Waals surface area contributed by atoms with Crippen molar-refractivity contribution in [3.05, 3.63) is 0 Å². The molecule has 0 aliphatic carbocycles. The Morgan fingerprint density at radius 3 is 0.821 bits per heavy atom. The van der Waals surface area contributed by atoms with Crippen LogP contribution < -0.4 is 0 Å². The molecule has 168 valence electrons. The van der Waals surface area contributed by atoms with Crippen molar-refractivity contribution in [1.29, 1.82) is 5.53 Å². The van der Waals surface area contributed by atoms with Crippen LogP contribution in [-0.4, -0.2) is 55.1 Å². The van der Waals surface area contributed by atoms with Crippen LogP contribution in [0.1, 0.15) is 0 Å². The Hall–Kier alpha value is -1.48. The highest BCUT2D eigenvalue weighted by atomic mass is 32.3. The van der Waals surface area contributed by atoms with E-state index in [0.717, 1.165) is 0 Å². The third-order valence-electron chi connectivity index (χ3n) is 2.53. The zero-order valence-corrected chi connectivity index (χ0v) is 13.3. The fourth-order valence-corrected chi connectivity index (χ4v) is 3.88. The van der Waals surface area contributed by atoms with Gasteiger partial charge in [-0.25, -0.2) is 0 Å². The molecule has 0 saturated carbocycles. The van der Waals surface area contributed by atoms with E-state index in [1.165, 1.54) is 0 Å². The predicted octanol–water partition coefficient (Wildman–Crippen LogP) is 3.27. The molecular weight excluding hydrogens is 494 g/mol. The van der Waals surface area contributed by atoms with Gasteiger partial charge in [-0.15, -0.1) is 0 Å². The maximum absolute atomic E-state index is 13.0. The highest BCUT2D eigenvalue weighted by Gasteiger charge is 2.88. The molecule has 0 unspecified atom stereocenters. The molecule has 0 spiro atoms. The average molecular weight is 495 g/mol. The van der Waals surface area contributed by atoms with Crippen LogP contribution in [0.2, 0.25) is 0 Å². The van der Waals surface area contributed by atoms with E-state index in [4.69, 9.17) is 5.53 Å². The van der Waals surface area contributed by atoms with Crippen molar-refractivity contribution < 1.29 is 81.8 Å². The predicted molar refractivity (Wildman–Crippen MR) is 52.7 cm³/mol. The fourth-order valence-electron chi connectivity index (χ4n) is 0.991. The SMILES string of the molecule is N=[N+](S(=O)(=O)C(F)(F)C(F)(F)C(F)(F)F)S(=O)(=O)C(F)(F)C(F)(F)C(F)(F)F. The molecule has 0 radical (unpaired) electrons. The smallest absolute Gasteiger partial charge is 0.188 e. The van der Waals surface area contributed by atoms with E-state index in [9.17, 15) is 78.3 Å². The van der Waals surface area contributed by atoms with Crippen molar-refractivity contribution >= 4 is 20.0 Å². The van der Waals surface area contributed by atoms with Crippen LogP contribution >= 0.6 is 0 Å². The Labute approximate surface area is 143 Å². The normalized spacial score (nSPS) is 16.2. The standard InChI is InChI=1S/C6HF14N2O4S2/c7-1(8,3(11,12)13)5(17,18)27(23,24)22(21)28(25,26)6(19,20)2(9,10)4(14,15)16/h21H/q+1. The molecule has 6 nitrogen and oxygen atoms in total. The highest BCUT2D eigenvalue weighted by molar-refractivity contribution is 7.98. The Morgan fingerprint density at radius 1 is 0.500 bits per heavy atom. The molecule has 0 aliphatic heterocycles. The summed E-state index contributed by atoms with van der Waals surface area (Å²) >= 11 is 0. The minimum absolute atomic E-state index is 3.57. The van der Waals surface area contributed by atoms with Gasteiger partial charge in [-0.2, -0.15) is 78.3 Å². The highest BCUT2D eigenvalue weighted by Crippen LogP contribution is 2.52. The maximum atomic E-state index is 13.0. The van der Waals surface area contributed by atoms with Gasteiger partial charge in [-0.3, -0.25) is 0 Å². The summed E-state index contributed by atoms with van der Waals surface area (Å²) in [6.07, 6.45) is -15.1. The third-order valence-corrected chi connectivity index (χ3v) is 6.39. The first kappa shape index (κ1) is 26.5. The zero-order chi connectivity index (χ0) is 23.6. The van der Waals surface area contributed by atoms with Gasteiger partial charge in [-0.05, 0) is 5.53 Å². The van der Waals surface area contributed by atoms with E-state index < -0.39 is 58.3 Å². The Bertz CT molecular complexity index is 781. The molecule has 0 atom stereocenters. The molecule has 0 aromatic heterocycles. The molecule has 0 aromatic rings. The van der Waals surface area contributed by atoms with E-state index in [1.54, 1.807) is 0 Å². The monoisotopic (exact) mass is 495 g/mol. The van der Waals surface area contributed by atoms with E-state index in [0.29, 0.717) is 0 Å². The van der Waals surface area contributed by atoms with Gasteiger partial charge in [0.1, 0.15) is 3.51 Å². The van der Waals surface area contributed by atoms with Gasteiger partial charge >= 0.3 is 54.8 Å². The van der Waals surface area contributed by atoms with Gasteiger partial charge in [0.25, 0.3) is 0 Å². The van der Waals surface area contributed by atoms with Gasteiger partial charge in [0.05, 0.1) is 0 Å².